The average molecular weight is 416 g/mol. The molecule has 142 valence electrons. The van der Waals surface area contributed by atoms with Crippen LogP contribution in [0.5, 0.6) is 0 Å². The number of carbonyl (C=O) groups excluding carboxylic acids is 2. The van der Waals surface area contributed by atoms with E-state index < -0.39 is 17.6 Å². The monoisotopic (exact) mass is 415 g/mol. The Morgan fingerprint density at radius 3 is 2.61 bits per heavy atom. The number of aromatic nitrogens is 1. The highest BCUT2D eigenvalue weighted by molar-refractivity contribution is 7.17. The predicted molar refractivity (Wildman–Crippen MR) is 108 cm³/mol. The van der Waals surface area contributed by atoms with Gasteiger partial charge < -0.3 is 0 Å². The zero-order valence-electron chi connectivity index (χ0n) is 14.7. The van der Waals surface area contributed by atoms with Gasteiger partial charge in [0, 0.05) is 11.6 Å². The predicted octanol–water partition coefficient (Wildman–Crippen LogP) is 4.39. The van der Waals surface area contributed by atoms with Crippen molar-refractivity contribution in [2.24, 2.45) is 0 Å². The van der Waals surface area contributed by atoms with Crippen LogP contribution in [0.4, 0.5) is 4.39 Å². The number of benzene rings is 2. The lowest BCUT2D eigenvalue weighted by Crippen LogP contribution is -2.40. The van der Waals surface area contributed by atoms with E-state index in [1.807, 2.05) is 30.3 Å². The van der Waals surface area contributed by atoms with E-state index in [0.29, 0.717) is 16.1 Å². The first-order valence-corrected chi connectivity index (χ1v) is 9.40. The van der Waals surface area contributed by atoms with E-state index in [0.717, 1.165) is 10.6 Å². The van der Waals surface area contributed by atoms with E-state index in [9.17, 15) is 14.0 Å². The molecule has 0 aliphatic carbocycles. The third-order valence-electron chi connectivity index (χ3n) is 3.69. The zero-order chi connectivity index (χ0) is 20.1. The highest BCUT2D eigenvalue weighted by Gasteiger charge is 2.16. The molecule has 5 nitrogen and oxygen atoms in total. The lowest BCUT2D eigenvalue weighted by Gasteiger charge is -2.04. The van der Waals surface area contributed by atoms with Crippen molar-refractivity contribution in [3.63, 3.8) is 0 Å². The number of amides is 2. The van der Waals surface area contributed by atoms with Crippen molar-refractivity contribution >= 4 is 40.8 Å². The number of hydrogen-bond acceptors (Lipinski definition) is 4. The van der Waals surface area contributed by atoms with Crippen LogP contribution in [0.2, 0.25) is 5.02 Å². The van der Waals surface area contributed by atoms with Gasteiger partial charge in [0.2, 0.25) is 0 Å². The van der Waals surface area contributed by atoms with Crippen LogP contribution in [-0.4, -0.2) is 16.8 Å². The number of hydrazine groups is 1. The van der Waals surface area contributed by atoms with E-state index in [4.69, 9.17) is 11.6 Å². The maximum Gasteiger partial charge on any atom is 0.281 e. The summed E-state index contributed by atoms with van der Waals surface area (Å²) in [6.07, 6.45) is 2.66. The fourth-order valence-corrected chi connectivity index (χ4v) is 3.47. The molecule has 0 aliphatic heterocycles. The van der Waals surface area contributed by atoms with Crippen LogP contribution in [0.25, 0.3) is 16.6 Å². The van der Waals surface area contributed by atoms with Crippen molar-refractivity contribution in [2.75, 3.05) is 0 Å². The minimum atomic E-state index is -0.542. The molecule has 0 radical (unpaired) electrons. The summed E-state index contributed by atoms with van der Waals surface area (Å²) in [6, 6.07) is 13.6. The van der Waals surface area contributed by atoms with Gasteiger partial charge in [-0.05, 0) is 30.7 Å². The van der Waals surface area contributed by atoms with E-state index in [-0.39, 0.29) is 5.02 Å². The van der Waals surface area contributed by atoms with Gasteiger partial charge in [0.15, 0.2) is 0 Å². The number of hydrogen-bond donors (Lipinski definition) is 2. The number of aryl methyl sites for hydroxylation is 1. The van der Waals surface area contributed by atoms with Crippen molar-refractivity contribution in [3.8, 4) is 10.6 Å². The lowest BCUT2D eigenvalue weighted by atomic mass is 10.2. The molecular formula is C20H15ClFN3O2S. The first-order chi connectivity index (χ1) is 13.4. The second kappa shape index (κ2) is 8.77. The van der Waals surface area contributed by atoms with Gasteiger partial charge >= 0.3 is 0 Å². The van der Waals surface area contributed by atoms with E-state index in [1.165, 1.54) is 41.7 Å². The van der Waals surface area contributed by atoms with Crippen molar-refractivity contribution in [1.29, 1.82) is 0 Å². The number of halogens is 2. The van der Waals surface area contributed by atoms with Crippen LogP contribution in [0, 0.1) is 12.7 Å². The summed E-state index contributed by atoms with van der Waals surface area (Å²) < 4.78 is 13.1. The molecule has 0 unspecified atom stereocenters. The summed E-state index contributed by atoms with van der Waals surface area (Å²) in [5, 5.41) is 0.688. The SMILES string of the molecule is Cc1nc(-c2ccccc2)sc1C(=O)NNC(=O)/C=C/c1ccc(F)c(Cl)c1. The van der Waals surface area contributed by atoms with Crippen molar-refractivity contribution < 1.29 is 14.0 Å². The van der Waals surface area contributed by atoms with Gasteiger partial charge in [0.1, 0.15) is 15.7 Å². The fourth-order valence-electron chi connectivity index (χ4n) is 2.32. The van der Waals surface area contributed by atoms with Crippen molar-refractivity contribution in [2.45, 2.75) is 6.92 Å². The van der Waals surface area contributed by atoms with Crippen molar-refractivity contribution in [3.05, 3.63) is 81.6 Å². The Bertz CT molecular complexity index is 1050. The Hall–Kier alpha value is -3.03. The Balaban J connectivity index is 1.61. The zero-order valence-corrected chi connectivity index (χ0v) is 16.3. The highest BCUT2D eigenvalue weighted by atomic mass is 35.5. The Morgan fingerprint density at radius 2 is 1.89 bits per heavy atom. The summed E-state index contributed by atoms with van der Waals surface area (Å²) >= 11 is 6.93. The topological polar surface area (TPSA) is 71.1 Å². The van der Waals surface area contributed by atoms with E-state index in [1.54, 1.807) is 6.92 Å². The van der Waals surface area contributed by atoms with Crippen LogP contribution in [-0.2, 0) is 4.79 Å². The van der Waals surface area contributed by atoms with Gasteiger partial charge in [0.25, 0.3) is 11.8 Å². The molecule has 0 saturated heterocycles. The maximum absolute atomic E-state index is 13.1. The molecule has 0 spiro atoms. The molecule has 0 fully saturated rings. The van der Waals surface area contributed by atoms with Crippen LogP contribution in [0.3, 0.4) is 0 Å². The molecule has 3 rings (SSSR count). The second-order valence-electron chi connectivity index (χ2n) is 5.75. The maximum atomic E-state index is 13.1. The number of nitrogens with one attached hydrogen (secondary N) is 2. The molecular weight excluding hydrogens is 401 g/mol. The van der Waals surface area contributed by atoms with Crippen LogP contribution < -0.4 is 10.9 Å². The van der Waals surface area contributed by atoms with E-state index >= 15 is 0 Å². The summed E-state index contributed by atoms with van der Waals surface area (Å²) in [7, 11) is 0. The molecule has 1 heterocycles. The standard InChI is InChI=1S/C20H15ClFN3O2S/c1-12-18(28-20(23-12)14-5-3-2-4-6-14)19(27)25-24-17(26)10-8-13-7-9-16(22)15(21)11-13/h2-11H,1H3,(H,24,26)(H,25,27)/b10-8+. The number of nitrogens with zero attached hydrogens (tertiary/aromatic N) is 1. The van der Waals surface area contributed by atoms with Crippen LogP contribution in [0.15, 0.2) is 54.6 Å². The Labute approximate surface area is 169 Å². The van der Waals surface area contributed by atoms with Gasteiger partial charge in [-0.15, -0.1) is 11.3 Å². The second-order valence-corrected chi connectivity index (χ2v) is 7.16. The molecule has 0 aliphatic rings. The summed E-state index contributed by atoms with van der Waals surface area (Å²) in [4.78, 5) is 29.0. The van der Waals surface area contributed by atoms with Gasteiger partial charge in [0.05, 0.1) is 10.7 Å². The lowest BCUT2D eigenvalue weighted by molar-refractivity contribution is -0.117. The van der Waals surface area contributed by atoms with E-state index in [2.05, 4.69) is 15.8 Å². The normalized spacial score (nSPS) is 10.8. The minimum Gasteiger partial charge on any atom is -0.268 e. The first kappa shape index (κ1) is 19.7. The van der Waals surface area contributed by atoms with Gasteiger partial charge in [-0.3, -0.25) is 20.4 Å². The average Bonchev–Trinajstić information content (AvgIpc) is 3.09. The van der Waals surface area contributed by atoms with Gasteiger partial charge in [-0.2, -0.15) is 0 Å². The quantitative estimate of drug-likeness (QED) is 0.490. The van der Waals surface area contributed by atoms with Gasteiger partial charge in [-0.1, -0.05) is 48.0 Å². The molecule has 1 aromatic heterocycles. The first-order valence-electron chi connectivity index (χ1n) is 8.20. The fraction of sp³-hybridized carbons (Fsp3) is 0.0500. The molecule has 3 aromatic rings. The summed E-state index contributed by atoms with van der Waals surface area (Å²) in [5.74, 6) is -1.53. The molecule has 0 atom stereocenters. The van der Waals surface area contributed by atoms with Gasteiger partial charge in [-0.25, -0.2) is 9.37 Å². The van der Waals surface area contributed by atoms with Crippen LogP contribution in [0.1, 0.15) is 20.9 Å². The highest BCUT2D eigenvalue weighted by Crippen LogP contribution is 2.27. The molecule has 0 saturated carbocycles. The van der Waals surface area contributed by atoms with Crippen LogP contribution >= 0.6 is 22.9 Å². The molecule has 2 aromatic carbocycles. The number of rotatable bonds is 4. The molecule has 0 bridgehead atoms. The Morgan fingerprint density at radius 1 is 1.14 bits per heavy atom. The summed E-state index contributed by atoms with van der Waals surface area (Å²) in [5.41, 5.74) is 6.70. The third kappa shape index (κ3) is 4.82. The number of thiazole rings is 1. The molecule has 2 amide bonds. The molecule has 2 N–H and O–H groups in total. The minimum absolute atomic E-state index is 0.0363. The largest absolute Gasteiger partial charge is 0.281 e. The third-order valence-corrected chi connectivity index (χ3v) is 5.19. The molecule has 8 heteroatoms. The smallest absolute Gasteiger partial charge is 0.268 e. The van der Waals surface area contributed by atoms with Crippen molar-refractivity contribution in [1.82, 2.24) is 15.8 Å². The number of carbonyl (C=O) groups is 2. The summed E-state index contributed by atoms with van der Waals surface area (Å²) in [6.45, 7) is 1.73. The molecule has 28 heavy (non-hydrogen) atoms. The Kier molecular flexibility index (Phi) is 6.18.